The zero-order valence-electron chi connectivity index (χ0n) is 37.3. The third-order valence-electron chi connectivity index (χ3n) is 14.5. The number of nitriles is 1. The highest BCUT2D eigenvalue weighted by molar-refractivity contribution is 6.31. The van der Waals surface area contributed by atoms with Gasteiger partial charge in [0.2, 0.25) is 0 Å². The van der Waals surface area contributed by atoms with Gasteiger partial charge in [0.1, 0.15) is 11.2 Å². The Morgan fingerprint density at radius 1 is 0.567 bits per heavy atom. The molecule has 0 saturated carbocycles. The molecule has 0 radical (unpaired) electrons. The first-order chi connectivity index (χ1) is 32.8. The summed E-state index contributed by atoms with van der Waals surface area (Å²) in [6.07, 6.45) is 2.74. The molecule has 0 saturated heterocycles. The molecule has 0 fully saturated rings. The highest BCUT2D eigenvalue weighted by Gasteiger charge is 2.34. The van der Waals surface area contributed by atoms with Gasteiger partial charge in [-0.05, 0) is 136 Å². The van der Waals surface area contributed by atoms with E-state index in [0.717, 1.165) is 108 Å². The Hall–Kier alpha value is -8.58. The van der Waals surface area contributed by atoms with E-state index in [1.165, 1.54) is 38.2 Å². The molecule has 0 unspecified atom stereocenters. The van der Waals surface area contributed by atoms with Crippen LogP contribution in [-0.4, -0.2) is 0 Å². The number of rotatable bonds is 7. The molecule has 1 aliphatic carbocycles. The van der Waals surface area contributed by atoms with Crippen molar-refractivity contribution >= 4 is 116 Å². The average molecular weight is 863 g/mol. The lowest BCUT2D eigenvalue weighted by Gasteiger charge is -2.37. The van der Waals surface area contributed by atoms with Crippen LogP contribution in [0.25, 0.3) is 81.0 Å². The van der Waals surface area contributed by atoms with Crippen molar-refractivity contribution in [2.45, 2.75) is 45.4 Å². The average Bonchev–Trinajstić information content (AvgIpc) is 3.95. The van der Waals surface area contributed by atoms with E-state index in [4.69, 9.17) is 15.4 Å². The molecule has 10 aromatic carbocycles. The van der Waals surface area contributed by atoms with Crippen molar-refractivity contribution in [1.29, 1.82) is 5.26 Å². The molecule has 12 aromatic rings. The number of anilines is 6. The van der Waals surface area contributed by atoms with E-state index < -0.39 is 0 Å². The lowest BCUT2D eigenvalue weighted by Crippen LogP contribution is -2.24. The second-order valence-corrected chi connectivity index (χ2v) is 18.6. The van der Waals surface area contributed by atoms with Crippen molar-refractivity contribution in [3.05, 3.63) is 197 Å². The van der Waals surface area contributed by atoms with E-state index in [-0.39, 0.29) is 5.41 Å². The molecule has 1 aliphatic rings. The molecule has 2 heterocycles. The van der Waals surface area contributed by atoms with E-state index in [1.807, 2.05) is 48.5 Å². The van der Waals surface area contributed by atoms with E-state index in [0.29, 0.717) is 11.3 Å². The smallest absolute Gasteiger partial charge is 0.187 e. The maximum absolute atomic E-state index is 9.92. The third kappa shape index (κ3) is 5.67. The molecular formula is C61H42N4O2. The Balaban J connectivity index is 1.17. The minimum Gasteiger partial charge on any atom is -0.454 e. The van der Waals surface area contributed by atoms with E-state index in [2.05, 4.69) is 157 Å². The van der Waals surface area contributed by atoms with Gasteiger partial charge >= 0.3 is 0 Å². The van der Waals surface area contributed by atoms with Gasteiger partial charge in [-0.25, -0.2) is 4.85 Å². The van der Waals surface area contributed by atoms with Crippen LogP contribution in [0.3, 0.4) is 0 Å². The highest BCUT2D eigenvalue weighted by Crippen LogP contribution is 2.55. The molecule has 0 spiro atoms. The number of aryl methyl sites for hydroxylation is 2. The predicted octanol–water partition coefficient (Wildman–Crippen LogP) is 17.5. The zero-order valence-corrected chi connectivity index (χ0v) is 37.3. The standard InChI is InChI=1S/C61H42N4O2/c1-5-37-32-53(65(41-26-22-39(63-4)23-27-41)51-17-11-15-46-44-13-7-9-19-55(44)67-60(46)51)48-34-49-56-38(30-31-61(49,2)3)33-52(47-29-28-42(37)57(48)58(47)56)64(40-24-20-36(35-62)21-25-40)50-16-10-14-45-43-12-6-8-18-54(43)66-59(45)50/h6-29,32-34H,5,30-31H2,1-3H3. The summed E-state index contributed by atoms with van der Waals surface area (Å²) < 4.78 is 13.6. The molecule has 318 valence electrons. The van der Waals surface area contributed by atoms with Gasteiger partial charge in [-0.2, -0.15) is 5.26 Å². The summed E-state index contributed by atoms with van der Waals surface area (Å²) in [4.78, 5) is 8.48. The van der Waals surface area contributed by atoms with Crippen LogP contribution in [0.4, 0.5) is 39.8 Å². The van der Waals surface area contributed by atoms with Gasteiger partial charge in [0.15, 0.2) is 16.9 Å². The first-order valence-electron chi connectivity index (χ1n) is 23.0. The second-order valence-electron chi connectivity index (χ2n) is 18.6. The van der Waals surface area contributed by atoms with Crippen molar-refractivity contribution in [2.24, 2.45) is 0 Å². The quantitative estimate of drug-likeness (QED) is 0.118. The van der Waals surface area contributed by atoms with Gasteiger partial charge in [0.25, 0.3) is 0 Å². The Morgan fingerprint density at radius 2 is 1.13 bits per heavy atom. The number of fused-ring (bicyclic) bond motifs is 6. The van der Waals surface area contributed by atoms with Crippen LogP contribution < -0.4 is 9.80 Å². The van der Waals surface area contributed by atoms with Crippen molar-refractivity contribution in [3.8, 4) is 6.07 Å². The molecule has 6 nitrogen and oxygen atoms in total. The van der Waals surface area contributed by atoms with Gasteiger partial charge in [-0.15, -0.1) is 0 Å². The topological polar surface area (TPSA) is 60.9 Å². The van der Waals surface area contributed by atoms with Gasteiger partial charge < -0.3 is 18.6 Å². The molecule has 67 heavy (non-hydrogen) atoms. The Bertz CT molecular complexity index is 4090. The minimum absolute atomic E-state index is 0.116. The van der Waals surface area contributed by atoms with Crippen LogP contribution in [0.1, 0.15) is 49.4 Å². The lowest BCUT2D eigenvalue weighted by atomic mass is 9.70. The summed E-state index contributed by atoms with van der Waals surface area (Å²) in [6.45, 7) is 14.9. The van der Waals surface area contributed by atoms with Crippen LogP contribution in [-0.2, 0) is 18.3 Å². The number of furan rings is 2. The lowest BCUT2D eigenvalue weighted by molar-refractivity contribution is 0.475. The van der Waals surface area contributed by atoms with E-state index in [1.54, 1.807) is 0 Å². The molecule has 13 rings (SSSR count). The van der Waals surface area contributed by atoms with Gasteiger partial charge in [0.05, 0.1) is 41.0 Å². The molecular weight excluding hydrogens is 821 g/mol. The maximum Gasteiger partial charge on any atom is 0.187 e. The maximum atomic E-state index is 9.92. The monoisotopic (exact) mass is 862 g/mol. The molecule has 0 bridgehead atoms. The molecule has 2 aromatic heterocycles. The molecule has 0 amide bonds. The first kappa shape index (κ1) is 38.8. The molecule has 0 aliphatic heterocycles. The largest absolute Gasteiger partial charge is 0.454 e. The number of hydrogen-bond acceptors (Lipinski definition) is 5. The van der Waals surface area contributed by atoms with Crippen LogP contribution >= 0.6 is 0 Å². The fraction of sp³-hybridized carbons (Fsp3) is 0.115. The van der Waals surface area contributed by atoms with Crippen LogP contribution in [0.5, 0.6) is 0 Å². The minimum atomic E-state index is -0.116. The van der Waals surface area contributed by atoms with Crippen LogP contribution in [0, 0.1) is 17.9 Å². The summed E-state index contributed by atoms with van der Waals surface area (Å²) in [5, 5.41) is 21.5. The number of para-hydroxylation sites is 4. The van der Waals surface area contributed by atoms with Crippen molar-refractivity contribution < 1.29 is 8.83 Å². The van der Waals surface area contributed by atoms with Gasteiger partial charge in [0, 0.05) is 49.1 Å². The fourth-order valence-corrected chi connectivity index (χ4v) is 11.2. The Kier molecular flexibility index (Phi) is 8.38. The molecule has 0 atom stereocenters. The van der Waals surface area contributed by atoms with Gasteiger partial charge in [-0.3, -0.25) is 0 Å². The summed E-state index contributed by atoms with van der Waals surface area (Å²) in [5.74, 6) is 0. The highest BCUT2D eigenvalue weighted by atomic mass is 16.3. The van der Waals surface area contributed by atoms with E-state index >= 15 is 0 Å². The SMILES string of the molecule is [C-]#[N+]c1ccc(N(c2cc(CC)c3ccc4c(N(c5ccc(C#N)cc5)c5cccc6c5oc5ccccc56)cc5c6c(cc2c3c46)C(C)(C)CC5)c2cccc3c2oc2ccccc23)cc1. The third-order valence-corrected chi connectivity index (χ3v) is 14.5. The zero-order chi connectivity index (χ0) is 45.1. The van der Waals surface area contributed by atoms with Crippen molar-refractivity contribution in [1.82, 2.24) is 0 Å². The normalized spacial score (nSPS) is 13.3. The van der Waals surface area contributed by atoms with Crippen molar-refractivity contribution in [2.75, 3.05) is 9.80 Å². The van der Waals surface area contributed by atoms with E-state index in [9.17, 15) is 5.26 Å². The summed E-state index contributed by atoms with van der Waals surface area (Å²) >= 11 is 0. The predicted molar refractivity (Wildman–Crippen MR) is 276 cm³/mol. The number of benzene rings is 10. The molecule has 0 N–H and O–H groups in total. The summed E-state index contributed by atoms with van der Waals surface area (Å²) in [6, 6.07) is 59.6. The van der Waals surface area contributed by atoms with Crippen LogP contribution in [0.15, 0.2) is 173 Å². The van der Waals surface area contributed by atoms with Crippen molar-refractivity contribution in [3.63, 3.8) is 0 Å². The summed E-state index contributed by atoms with van der Waals surface area (Å²) in [5.41, 5.74) is 14.2. The fourth-order valence-electron chi connectivity index (χ4n) is 11.2. The molecule has 6 heteroatoms. The number of hydrogen-bond donors (Lipinski definition) is 0. The second kappa shape index (κ2) is 14.5. The number of nitrogens with zero attached hydrogens (tertiary/aromatic N) is 4. The first-order valence-corrected chi connectivity index (χ1v) is 23.0. The van der Waals surface area contributed by atoms with Gasteiger partial charge in [-0.1, -0.05) is 106 Å². The Morgan fingerprint density at radius 3 is 1.73 bits per heavy atom. The Labute approximate surface area is 387 Å². The van der Waals surface area contributed by atoms with Crippen LogP contribution in [0.2, 0.25) is 0 Å². The summed E-state index contributed by atoms with van der Waals surface area (Å²) in [7, 11) is 0.